The van der Waals surface area contributed by atoms with Crippen molar-refractivity contribution in [1.29, 1.82) is 0 Å². The Morgan fingerprint density at radius 3 is 2.56 bits per heavy atom. The van der Waals surface area contributed by atoms with Crippen LogP contribution in [0.4, 0.5) is 11.4 Å². The fourth-order valence-corrected chi connectivity index (χ4v) is 2.67. The fraction of sp³-hybridized carbons (Fsp3) is 0.118. The van der Waals surface area contributed by atoms with E-state index in [1.807, 2.05) is 0 Å². The van der Waals surface area contributed by atoms with Gasteiger partial charge < -0.3 is 4.90 Å². The number of anilines is 1. The normalized spacial score (nSPS) is 13.8. The maximum absolute atomic E-state index is 13.0. The molecule has 8 heteroatoms. The molecule has 1 aliphatic rings. The Morgan fingerprint density at radius 1 is 1.12 bits per heavy atom. The van der Waals surface area contributed by atoms with Crippen molar-refractivity contribution in [3.05, 3.63) is 70.1 Å². The van der Waals surface area contributed by atoms with Gasteiger partial charge in [0, 0.05) is 17.5 Å². The highest BCUT2D eigenvalue weighted by Gasteiger charge is 2.34. The van der Waals surface area contributed by atoms with Crippen molar-refractivity contribution in [3.8, 4) is 0 Å². The summed E-state index contributed by atoms with van der Waals surface area (Å²) in [5.74, 6) is -1.53. The topological polar surface area (TPSA) is 106 Å². The van der Waals surface area contributed by atoms with Gasteiger partial charge in [0.25, 0.3) is 17.7 Å². The molecule has 124 valence electrons. The average Bonchev–Trinajstić information content (AvgIpc) is 2.70. The molecule has 3 amide bonds. The van der Waals surface area contributed by atoms with Crippen molar-refractivity contribution >= 4 is 29.1 Å². The molecule has 0 saturated heterocycles. The molecule has 1 aliphatic heterocycles. The van der Waals surface area contributed by atoms with Gasteiger partial charge in [-0.15, -0.1) is 0 Å². The molecule has 3 rings (SSSR count). The Balaban J connectivity index is 2.17. The zero-order chi connectivity index (χ0) is 18.0. The van der Waals surface area contributed by atoms with Crippen LogP contribution in [-0.2, 0) is 4.79 Å². The average molecular weight is 335 g/mol. The number of likely N-dealkylation sites (N-methyl/N-ethyl adjacent to an activating group) is 1. The van der Waals surface area contributed by atoms with E-state index in [4.69, 9.17) is 5.53 Å². The van der Waals surface area contributed by atoms with Crippen LogP contribution in [0.15, 0.2) is 53.6 Å². The van der Waals surface area contributed by atoms with Gasteiger partial charge in [-0.05, 0) is 23.7 Å². The second-order valence-corrected chi connectivity index (χ2v) is 5.42. The van der Waals surface area contributed by atoms with Gasteiger partial charge in [0.15, 0.2) is 0 Å². The van der Waals surface area contributed by atoms with Crippen molar-refractivity contribution in [3.63, 3.8) is 0 Å². The lowest BCUT2D eigenvalue weighted by atomic mass is 10.1. The molecular formula is C17H13N5O3. The lowest BCUT2D eigenvalue weighted by Crippen LogP contribution is -2.41. The van der Waals surface area contributed by atoms with Crippen molar-refractivity contribution in [2.75, 3.05) is 18.5 Å². The Morgan fingerprint density at radius 2 is 1.80 bits per heavy atom. The molecule has 0 radical (unpaired) electrons. The summed E-state index contributed by atoms with van der Waals surface area (Å²) in [5.41, 5.74) is 9.34. The number of hydrogen-bond acceptors (Lipinski definition) is 4. The van der Waals surface area contributed by atoms with E-state index in [1.165, 1.54) is 24.1 Å². The van der Waals surface area contributed by atoms with Crippen LogP contribution in [0.25, 0.3) is 10.4 Å². The SMILES string of the molecule is CN1CC(=O)N(C(=O)c2ccccc2N=[N+]=[N-])c2ccccc2C1=O. The van der Waals surface area contributed by atoms with Gasteiger partial charge in [0.05, 0.1) is 16.9 Å². The number of carbonyl (C=O) groups excluding carboxylic acids is 3. The lowest BCUT2D eigenvalue weighted by molar-refractivity contribution is -0.118. The monoisotopic (exact) mass is 335 g/mol. The summed E-state index contributed by atoms with van der Waals surface area (Å²) >= 11 is 0. The Labute approximate surface area is 142 Å². The predicted molar refractivity (Wildman–Crippen MR) is 90.5 cm³/mol. The highest BCUT2D eigenvalue weighted by atomic mass is 16.2. The van der Waals surface area contributed by atoms with Crippen molar-refractivity contribution in [2.24, 2.45) is 5.11 Å². The number of amides is 3. The molecule has 0 saturated carbocycles. The molecule has 8 nitrogen and oxygen atoms in total. The number of fused-ring (bicyclic) bond motifs is 1. The van der Waals surface area contributed by atoms with E-state index in [9.17, 15) is 14.4 Å². The number of benzene rings is 2. The van der Waals surface area contributed by atoms with Gasteiger partial charge in [0.1, 0.15) is 6.54 Å². The van der Waals surface area contributed by atoms with Crippen molar-refractivity contribution in [2.45, 2.75) is 0 Å². The lowest BCUT2D eigenvalue weighted by Gasteiger charge is -2.21. The van der Waals surface area contributed by atoms with E-state index in [2.05, 4.69) is 10.0 Å². The highest BCUT2D eigenvalue weighted by molar-refractivity contribution is 6.26. The molecule has 1 heterocycles. The summed E-state index contributed by atoms with van der Waals surface area (Å²) < 4.78 is 0. The standard InChI is InChI=1S/C17H13N5O3/c1-21-10-15(23)22(14-9-5-3-7-12(14)16(21)24)17(25)11-6-2-4-8-13(11)19-20-18/h2-9H,10H2,1H3. The maximum Gasteiger partial charge on any atom is 0.265 e. The summed E-state index contributed by atoms with van der Waals surface area (Å²) in [6.45, 7) is -0.233. The smallest absolute Gasteiger partial charge is 0.265 e. The molecule has 25 heavy (non-hydrogen) atoms. The summed E-state index contributed by atoms with van der Waals surface area (Å²) in [7, 11) is 1.50. The van der Waals surface area contributed by atoms with Crippen LogP contribution in [0.1, 0.15) is 20.7 Å². The highest BCUT2D eigenvalue weighted by Crippen LogP contribution is 2.29. The Kier molecular flexibility index (Phi) is 4.20. The molecule has 0 spiro atoms. The summed E-state index contributed by atoms with van der Waals surface area (Å²) in [4.78, 5) is 43.0. The number of rotatable bonds is 2. The van der Waals surface area contributed by atoms with Crippen LogP contribution >= 0.6 is 0 Å². The first-order chi connectivity index (χ1) is 12.0. The number of nitrogens with zero attached hydrogens (tertiary/aromatic N) is 5. The first-order valence-electron chi connectivity index (χ1n) is 7.40. The third-order valence-electron chi connectivity index (χ3n) is 3.83. The van der Waals surface area contributed by atoms with Gasteiger partial charge in [-0.1, -0.05) is 35.4 Å². The van der Waals surface area contributed by atoms with Crippen LogP contribution in [0.3, 0.4) is 0 Å². The van der Waals surface area contributed by atoms with E-state index >= 15 is 0 Å². The van der Waals surface area contributed by atoms with E-state index < -0.39 is 11.8 Å². The molecule has 0 bridgehead atoms. The van der Waals surface area contributed by atoms with Crippen LogP contribution in [0, 0.1) is 0 Å². The van der Waals surface area contributed by atoms with Crippen LogP contribution in [0.5, 0.6) is 0 Å². The number of hydrogen-bond donors (Lipinski definition) is 0. The second kappa shape index (κ2) is 6.46. The Bertz CT molecular complexity index is 933. The third-order valence-corrected chi connectivity index (χ3v) is 3.83. The quantitative estimate of drug-likeness (QED) is 0.364. The fourth-order valence-electron chi connectivity index (χ4n) is 2.67. The molecule has 0 aromatic heterocycles. The van der Waals surface area contributed by atoms with Gasteiger partial charge in [-0.25, -0.2) is 4.90 Å². The van der Waals surface area contributed by atoms with Gasteiger partial charge in [-0.2, -0.15) is 0 Å². The summed E-state index contributed by atoms with van der Waals surface area (Å²) in [6.07, 6.45) is 0. The number of para-hydroxylation sites is 1. The van der Waals surface area contributed by atoms with Crippen molar-refractivity contribution < 1.29 is 14.4 Å². The summed E-state index contributed by atoms with van der Waals surface area (Å²) in [5, 5.41) is 3.50. The Hall–Kier alpha value is -3.64. The molecule has 0 N–H and O–H groups in total. The van der Waals surface area contributed by atoms with Crippen LogP contribution < -0.4 is 4.90 Å². The minimum Gasteiger partial charge on any atom is -0.332 e. The van der Waals surface area contributed by atoms with Crippen LogP contribution in [0.2, 0.25) is 0 Å². The van der Waals surface area contributed by atoms with E-state index in [0.717, 1.165) is 4.90 Å². The molecule has 0 aliphatic carbocycles. The minimum absolute atomic E-state index is 0.0838. The second-order valence-electron chi connectivity index (χ2n) is 5.42. The largest absolute Gasteiger partial charge is 0.332 e. The van der Waals surface area contributed by atoms with Gasteiger partial charge in [0.2, 0.25) is 0 Å². The minimum atomic E-state index is -0.649. The molecule has 0 atom stereocenters. The van der Waals surface area contributed by atoms with E-state index in [-0.39, 0.29) is 35.0 Å². The van der Waals surface area contributed by atoms with Gasteiger partial charge >= 0.3 is 0 Å². The summed E-state index contributed by atoms with van der Waals surface area (Å²) in [6, 6.07) is 12.6. The third kappa shape index (κ3) is 2.82. The molecular weight excluding hydrogens is 322 g/mol. The first-order valence-corrected chi connectivity index (χ1v) is 7.40. The molecule has 2 aromatic rings. The first kappa shape index (κ1) is 16.2. The predicted octanol–water partition coefficient (Wildman–Crippen LogP) is 2.89. The number of imide groups is 1. The van der Waals surface area contributed by atoms with E-state index in [0.29, 0.717) is 0 Å². The van der Waals surface area contributed by atoms with Crippen LogP contribution in [-0.4, -0.2) is 36.2 Å². The number of azide groups is 1. The zero-order valence-electron chi connectivity index (χ0n) is 13.3. The van der Waals surface area contributed by atoms with Gasteiger partial charge in [-0.3, -0.25) is 14.4 Å². The van der Waals surface area contributed by atoms with Crippen molar-refractivity contribution in [1.82, 2.24) is 4.90 Å². The van der Waals surface area contributed by atoms with E-state index in [1.54, 1.807) is 36.4 Å². The molecule has 0 unspecified atom stereocenters. The molecule has 2 aromatic carbocycles. The maximum atomic E-state index is 13.0. The molecule has 0 fully saturated rings. The number of carbonyl (C=O) groups is 3. The zero-order valence-corrected chi connectivity index (χ0v) is 13.3.